The molecule has 6 rings (SSSR count). The van der Waals surface area contributed by atoms with Gasteiger partial charge in [0.15, 0.2) is 11.6 Å². The fourth-order valence-electron chi connectivity index (χ4n) is 8.66. The van der Waals surface area contributed by atoms with Crippen LogP contribution in [0.15, 0.2) is 97.1 Å². The van der Waals surface area contributed by atoms with E-state index in [-0.39, 0.29) is 23.7 Å². The fourth-order valence-corrected chi connectivity index (χ4v) is 8.66. The molecule has 0 aromatic heterocycles. The highest BCUT2D eigenvalue weighted by molar-refractivity contribution is 6.11. The molecule has 2 heterocycles. The maximum absolute atomic E-state index is 13.4. The molecule has 2 saturated heterocycles. The van der Waals surface area contributed by atoms with Crippen molar-refractivity contribution in [3.63, 3.8) is 0 Å². The highest BCUT2D eigenvalue weighted by Gasteiger charge is 2.37. The Morgan fingerprint density at radius 3 is 1.52 bits per heavy atom. The van der Waals surface area contributed by atoms with Crippen LogP contribution in [0.4, 0.5) is 0 Å². The van der Waals surface area contributed by atoms with Gasteiger partial charge in [0, 0.05) is 62.5 Å². The van der Waals surface area contributed by atoms with Gasteiger partial charge >= 0.3 is 0 Å². The summed E-state index contributed by atoms with van der Waals surface area (Å²) < 4.78 is 11.6. The van der Waals surface area contributed by atoms with Gasteiger partial charge in [0.1, 0.15) is 11.5 Å². The second-order valence-electron chi connectivity index (χ2n) is 15.4. The second kappa shape index (κ2) is 21.3. The zero-order chi connectivity index (χ0) is 39.1. The maximum atomic E-state index is 13.4. The summed E-state index contributed by atoms with van der Waals surface area (Å²) in [5, 5.41) is 7.42. The minimum absolute atomic E-state index is 0.0236. The number of carbonyl (C=O) groups is 2. The van der Waals surface area contributed by atoms with Crippen molar-refractivity contribution < 1.29 is 19.1 Å². The smallest absolute Gasteiger partial charge is 0.196 e. The Morgan fingerprint density at radius 1 is 0.625 bits per heavy atom. The minimum Gasteiger partial charge on any atom is -0.496 e. The predicted molar refractivity (Wildman–Crippen MR) is 226 cm³/mol. The molecule has 0 saturated carbocycles. The van der Waals surface area contributed by atoms with Crippen molar-refractivity contribution in [1.82, 2.24) is 20.4 Å². The number of ketones is 2. The zero-order valence-corrected chi connectivity index (χ0v) is 33.8. The van der Waals surface area contributed by atoms with E-state index in [1.165, 1.54) is 56.1 Å². The number of nitrogens with zero attached hydrogens (tertiary/aromatic N) is 2. The monoisotopic (exact) mass is 758 g/mol. The van der Waals surface area contributed by atoms with Crippen molar-refractivity contribution in [3.8, 4) is 11.5 Å². The van der Waals surface area contributed by atoms with Crippen LogP contribution in [-0.2, 0) is 12.8 Å². The van der Waals surface area contributed by atoms with Crippen LogP contribution in [0.25, 0.3) is 0 Å². The van der Waals surface area contributed by atoms with Gasteiger partial charge in [0.25, 0.3) is 0 Å². The summed E-state index contributed by atoms with van der Waals surface area (Å²) in [7, 11) is 3.31. The van der Waals surface area contributed by atoms with Crippen LogP contribution in [0.1, 0.15) is 101 Å². The second-order valence-corrected chi connectivity index (χ2v) is 15.4. The molecular formula is C48H62N4O4. The zero-order valence-electron chi connectivity index (χ0n) is 33.8. The molecular weight excluding hydrogens is 697 g/mol. The van der Waals surface area contributed by atoms with Crippen LogP contribution in [0.3, 0.4) is 0 Å². The first kappa shape index (κ1) is 41.3. The molecule has 0 spiro atoms. The molecule has 2 fully saturated rings. The van der Waals surface area contributed by atoms with Gasteiger partial charge in [-0.2, -0.15) is 0 Å². The molecule has 2 atom stereocenters. The first-order valence-electron chi connectivity index (χ1n) is 21.0. The van der Waals surface area contributed by atoms with Crippen LogP contribution in [0, 0.1) is 0 Å². The third-order valence-electron chi connectivity index (χ3n) is 11.7. The van der Waals surface area contributed by atoms with Crippen LogP contribution in [0.2, 0.25) is 0 Å². The van der Waals surface area contributed by atoms with E-state index in [9.17, 15) is 9.59 Å². The molecule has 2 aliphatic heterocycles. The van der Waals surface area contributed by atoms with Gasteiger partial charge in [-0.05, 0) is 54.7 Å². The van der Waals surface area contributed by atoms with Crippen molar-refractivity contribution in [2.75, 3.05) is 53.5 Å². The van der Waals surface area contributed by atoms with E-state index in [1.54, 1.807) is 14.2 Å². The minimum atomic E-state index is -0.0236. The van der Waals surface area contributed by atoms with Crippen LogP contribution < -0.4 is 20.1 Å². The third-order valence-corrected chi connectivity index (χ3v) is 11.7. The van der Waals surface area contributed by atoms with Gasteiger partial charge in [-0.25, -0.2) is 0 Å². The van der Waals surface area contributed by atoms with Crippen LogP contribution in [-0.4, -0.2) is 93.1 Å². The normalized spacial score (nSPS) is 18.3. The van der Waals surface area contributed by atoms with Crippen LogP contribution in [0.5, 0.6) is 11.5 Å². The van der Waals surface area contributed by atoms with Crippen molar-refractivity contribution in [1.29, 1.82) is 0 Å². The first-order valence-corrected chi connectivity index (χ1v) is 21.0. The number of unbranched alkanes of at least 4 members (excludes halogenated alkanes) is 6. The summed E-state index contributed by atoms with van der Waals surface area (Å²) in [4.78, 5) is 32.4. The van der Waals surface area contributed by atoms with Crippen molar-refractivity contribution in [3.05, 3.63) is 130 Å². The maximum Gasteiger partial charge on any atom is 0.196 e. The van der Waals surface area contributed by atoms with E-state index in [0.717, 1.165) is 58.5 Å². The lowest BCUT2D eigenvalue weighted by Gasteiger charge is -2.50. The van der Waals surface area contributed by atoms with Crippen molar-refractivity contribution in [2.45, 2.75) is 89.4 Å². The quantitative estimate of drug-likeness (QED) is 0.0695. The molecule has 0 radical (unpaired) electrons. The Kier molecular flexibility index (Phi) is 15.7. The summed E-state index contributed by atoms with van der Waals surface area (Å²) in [6.45, 7) is 7.98. The molecule has 0 amide bonds. The molecule has 0 aliphatic carbocycles. The van der Waals surface area contributed by atoms with E-state index in [2.05, 4.69) is 51.6 Å². The van der Waals surface area contributed by atoms with Crippen LogP contribution >= 0.6 is 0 Å². The number of rotatable bonds is 20. The van der Waals surface area contributed by atoms with Crippen molar-refractivity contribution >= 4 is 11.6 Å². The molecule has 2 unspecified atom stereocenters. The Balaban J connectivity index is 1.23. The Morgan fingerprint density at radius 2 is 1.07 bits per heavy atom. The number of carbonyl (C=O) groups excluding carboxylic acids is 2. The summed E-state index contributed by atoms with van der Waals surface area (Å²) >= 11 is 0. The summed E-state index contributed by atoms with van der Waals surface area (Å²) in [5.41, 5.74) is 4.86. The number of piperazine rings is 2. The topological polar surface area (TPSA) is 83.1 Å². The fraction of sp³-hybridized carbons (Fsp3) is 0.458. The Hall–Kier alpha value is -4.34. The van der Waals surface area contributed by atoms with Gasteiger partial charge < -0.3 is 20.1 Å². The number of hydrogen-bond acceptors (Lipinski definition) is 8. The SMILES string of the molecule is CCCCCCCCCC(N1CCNCC1Cc1ccc(C(=O)c2ccccc2)c(OC)c1)N1CCNCC1Cc1ccc(C(=O)c2ccccc2)c(OC)c1. The number of methoxy groups -OCH3 is 2. The number of hydrogen-bond donors (Lipinski definition) is 2. The van der Waals surface area contributed by atoms with E-state index in [4.69, 9.17) is 9.47 Å². The van der Waals surface area contributed by atoms with Gasteiger partial charge in [-0.15, -0.1) is 0 Å². The number of benzene rings is 4. The van der Waals surface area contributed by atoms with E-state index >= 15 is 0 Å². The molecule has 2 aliphatic rings. The molecule has 298 valence electrons. The average Bonchev–Trinajstić information content (AvgIpc) is 3.25. The number of ether oxygens (including phenoxy) is 2. The molecule has 8 heteroatoms. The average molecular weight is 759 g/mol. The molecule has 2 N–H and O–H groups in total. The lowest BCUT2D eigenvalue weighted by atomic mass is 9.95. The van der Waals surface area contributed by atoms with Gasteiger partial charge in [-0.1, -0.05) is 125 Å². The Labute approximate surface area is 335 Å². The Bertz CT molecular complexity index is 1710. The molecule has 0 bridgehead atoms. The summed E-state index contributed by atoms with van der Waals surface area (Å²) in [6.07, 6.45) is 12.2. The van der Waals surface area contributed by atoms with E-state index < -0.39 is 0 Å². The summed E-state index contributed by atoms with van der Waals surface area (Å²) in [5.74, 6) is 1.20. The van der Waals surface area contributed by atoms with Gasteiger partial charge in [-0.3, -0.25) is 19.4 Å². The number of nitrogens with one attached hydrogen (secondary N) is 2. The first-order chi connectivity index (χ1) is 27.5. The lowest BCUT2D eigenvalue weighted by Crippen LogP contribution is -2.65. The molecule has 8 nitrogen and oxygen atoms in total. The highest BCUT2D eigenvalue weighted by Crippen LogP contribution is 2.30. The van der Waals surface area contributed by atoms with Crippen molar-refractivity contribution in [2.24, 2.45) is 0 Å². The largest absolute Gasteiger partial charge is 0.496 e. The van der Waals surface area contributed by atoms with E-state index in [0.29, 0.717) is 39.9 Å². The third kappa shape index (κ3) is 10.7. The van der Waals surface area contributed by atoms with Gasteiger partial charge in [0.2, 0.25) is 0 Å². The summed E-state index contributed by atoms with van der Waals surface area (Å²) in [6, 6.07) is 31.7. The lowest BCUT2D eigenvalue weighted by molar-refractivity contribution is -0.0369. The highest BCUT2D eigenvalue weighted by atomic mass is 16.5. The van der Waals surface area contributed by atoms with E-state index in [1.807, 2.05) is 72.8 Å². The van der Waals surface area contributed by atoms with Gasteiger partial charge in [0.05, 0.1) is 31.5 Å². The molecule has 4 aromatic rings. The molecule has 56 heavy (non-hydrogen) atoms. The standard InChI is InChI=1S/C48H62N4O4/c1-4-5-6-7-8-9-16-21-46(51-28-26-49-34-40(51)30-36-22-24-42(44(32-36)55-2)47(53)38-17-12-10-13-18-38)52-29-27-50-35-41(52)31-37-23-25-43(45(33-37)56-3)48(54)39-19-14-11-15-20-39/h10-15,17-20,22-25,32-33,40-41,46,49-50H,4-9,16,21,26-31,34-35H2,1-3H3. The predicted octanol–water partition coefficient (Wildman–Crippen LogP) is 7.97. The molecule has 4 aromatic carbocycles.